The van der Waals surface area contributed by atoms with Crippen LogP contribution in [0.1, 0.15) is 16.1 Å². The number of rotatable bonds is 5. The van der Waals surface area contributed by atoms with Gasteiger partial charge in [0.05, 0.1) is 11.6 Å². The summed E-state index contributed by atoms with van der Waals surface area (Å²) >= 11 is 0. The monoisotopic (exact) mass is 400 g/mol. The maximum Gasteiger partial charge on any atom is 0.235 e. The number of furan rings is 2. The van der Waals surface area contributed by atoms with E-state index < -0.39 is 0 Å². The van der Waals surface area contributed by atoms with Crippen LogP contribution in [0.5, 0.6) is 5.75 Å². The SMILES string of the molecule is Cc1ccc2c(=O)c(OCC(=O)c3cc4ccccc4o3)c(-c3ccco3)oc2c1. The first-order valence-corrected chi connectivity index (χ1v) is 9.36. The Balaban J connectivity index is 1.53. The van der Waals surface area contributed by atoms with E-state index in [4.69, 9.17) is 18.0 Å². The standard InChI is InChI=1S/C24H16O6/c1-14-8-9-16-20(11-14)30-23(19-7-4-10-27-19)24(22(16)26)28-13-17(25)21-12-15-5-2-3-6-18(15)29-21/h2-12H,13H2,1H3. The Hall–Kier alpha value is -4.06. The molecule has 3 aromatic heterocycles. The molecule has 0 atom stereocenters. The number of carbonyl (C=O) groups is 1. The minimum absolute atomic E-state index is 0.0780. The van der Waals surface area contributed by atoms with E-state index in [0.717, 1.165) is 10.9 Å². The van der Waals surface area contributed by atoms with Crippen LogP contribution < -0.4 is 10.2 Å². The number of hydrogen-bond acceptors (Lipinski definition) is 6. The number of carbonyl (C=O) groups excluding carboxylic acids is 1. The van der Waals surface area contributed by atoms with Gasteiger partial charge in [-0.3, -0.25) is 9.59 Å². The molecule has 30 heavy (non-hydrogen) atoms. The summed E-state index contributed by atoms with van der Waals surface area (Å²) in [5.41, 5.74) is 1.60. The first-order valence-electron chi connectivity index (χ1n) is 9.36. The van der Waals surface area contributed by atoms with Gasteiger partial charge in [0, 0.05) is 5.39 Å². The Morgan fingerprint density at radius 3 is 2.63 bits per heavy atom. The van der Waals surface area contributed by atoms with Crippen LogP contribution >= 0.6 is 0 Å². The molecule has 5 aromatic rings. The fraction of sp³-hybridized carbons (Fsp3) is 0.0833. The van der Waals surface area contributed by atoms with E-state index in [1.165, 1.54) is 6.26 Å². The van der Waals surface area contributed by atoms with E-state index in [1.807, 2.05) is 31.2 Å². The highest BCUT2D eigenvalue weighted by atomic mass is 16.5. The number of fused-ring (bicyclic) bond motifs is 2. The van der Waals surface area contributed by atoms with Gasteiger partial charge in [0.2, 0.25) is 22.7 Å². The molecule has 0 saturated heterocycles. The van der Waals surface area contributed by atoms with E-state index in [2.05, 4.69) is 0 Å². The molecule has 3 heterocycles. The maximum absolute atomic E-state index is 13.1. The van der Waals surface area contributed by atoms with E-state index in [9.17, 15) is 9.59 Å². The lowest BCUT2D eigenvalue weighted by atomic mass is 10.1. The minimum Gasteiger partial charge on any atom is -0.478 e. The molecule has 0 aliphatic carbocycles. The molecule has 5 rings (SSSR count). The smallest absolute Gasteiger partial charge is 0.235 e. The predicted octanol–water partition coefficient (Wildman–Crippen LogP) is 5.37. The predicted molar refractivity (Wildman–Crippen MR) is 111 cm³/mol. The number of ether oxygens (including phenoxy) is 1. The highest BCUT2D eigenvalue weighted by molar-refractivity contribution is 5.98. The molecule has 2 aromatic carbocycles. The highest BCUT2D eigenvalue weighted by Crippen LogP contribution is 2.31. The van der Waals surface area contributed by atoms with Crippen molar-refractivity contribution < 1.29 is 22.8 Å². The first kappa shape index (κ1) is 18.0. The number of hydrogen-bond donors (Lipinski definition) is 0. The van der Waals surface area contributed by atoms with Gasteiger partial charge in [-0.2, -0.15) is 0 Å². The van der Waals surface area contributed by atoms with Crippen LogP contribution in [0.15, 0.2) is 85.0 Å². The van der Waals surface area contributed by atoms with Crippen molar-refractivity contribution in [1.82, 2.24) is 0 Å². The van der Waals surface area contributed by atoms with E-state index >= 15 is 0 Å². The number of ketones is 1. The average Bonchev–Trinajstić information content (AvgIpc) is 3.42. The molecule has 0 spiro atoms. The van der Waals surface area contributed by atoms with Crippen molar-refractivity contribution in [3.63, 3.8) is 0 Å². The van der Waals surface area contributed by atoms with Gasteiger partial charge in [-0.25, -0.2) is 0 Å². The second-order valence-corrected chi connectivity index (χ2v) is 6.93. The molecule has 0 N–H and O–H groups in total. The summed E-state index contributed by atoms with van der Waals surface area (Å²) in [5.74, 6) is 0.171. The highest BCUT2D eigenvalue weighted by Gasteiger charge is 2.22. The Labute approximate surface area is 170 Å². The number of Topliss-reactive ketones (excluding diaryl/α,β-unsaturated/α-hetero) is 1. The third-order valence-corrected chi connectivity index (χ3v) is 4.80. The van der Waals surface area contributed by atoms with Gasteiger partial charge < -0.3 is 18.0 Å². The molecule has 148 valence electrons. The Morgan fingerprint density at radius 2 is 1.83 bits per heavy atom. The van der Waals surface area contributed by atoms with Crippen LogP contribution in [0.2, 0.25) is 0 Å². The molecular weight excluding hydrogens is 384 g/mol. The summed E-state index contributed by atoms with van der Waals surface area (Å²) in [6.07, 6.45) is 1.47. The third kappa shape index (κ3) is 3.08. The number of aryl methyl sites for hydroxylation is 1. The second kappa shape index (κ2) is 7.08. The van der Waals surface area contributed by atoms with Crippen molar-refractivity contribution in [2.24, 2.45) is 0 Å². The zero-order valence-electron chi connectivity index (χ0n) is 16.0. The summed E-state index contributed by atoms with van der Waals surface area (Å²) in [4.78, 5) is 25.7. The summed E-state index contributed by atoms with van der Waals surface area (Å²) in [6, 6.07) is 17.6. The second-order valence-electron chi connectivity index (χ2n) is 6.93. The van der Waals surface area contributed by atoms with Gasteiger partial charge in [0.1, 0.15) is 11.2 Å². The summed E-state index contributed by atoms with van der Waals surface area (Å²) in [7, 11) is 0. The van der Waals surface area contributed by atoms with Crippen LogP contribution in [-0.4, -0.2) is 12.4 Å². The quantitative estimate of drug-likeness (QED) is 0.369. The molecule has 0 amide bonds. The lowest BCUT2D eigenvalue weighted by molar-refractivity contribution is 0.0894. The van der Waals surface area contributed by atoms with Crippen molar-refractivity contribution in [3.05, 3.63) is 88.5 Å². The Bertz CT molecular complexity index is 1400. The molecule has 0 aliphatic rings. The largest absolute Gasteiger partial charge is 0.478 e. The first-order chi connectivity index (χ1) is 14.6. The zero-order valence-corrected chi connectivity index (χ0v) is 16.0. The molecule has 0 radical (unpaired) electrons. The van der Waals surface area contributed by atoms with Gasteiger partial charge in [-0.1, -0.05) is 24.3 Å². The molecule has 6 heteroatoms. The average molecular weight is 400 g/mol. The maximum atomic E-state index is 13.1. The molecule has 0 bridgehead atoms. The minimum atomic E-state index is -0.389. The normalized spacial score (nSPS) is 11.2. The van der Waals surface area contributed by atoms with Crippen LogP contribution in [0.3, 0.4) is 0 Å². The summed E-state index contributed by atoms with van der Waals surface area (Å²) < 4.78 is 22.6. The van der Waals surface area contributed by atoms with Gasteiger partial charge in [-0.05, 0) is 48.9 Å². The molecular formula is C24H16O6. The third-order valence-electron chi connectivity index (χ3n) is 4.80. The Kier molecular flexibility index (Phi) is 4.25. The van der Waals surface area contributed by atoms with Crippen molar-refractivity contribution in [3.8, 4) is 17.3 Å². The van der Waals surface area contributed by atoms with Crippen molar-refractivity contribution in [2.75, 3.05) is 6.61 Å². The lowest BCUT2D eigenvalue weighted by Gasteiger charge is -2.09. The van der Waals surface area contributed by atoms with Crippen LogP contribution in [0.4, 0.5) is 0 Å². The molecule has 0 aliphatic heterocycles. The van der Waals surface area contributed by atoms with Gasteiger partial charge in [0.25, 0.3) is 0 Å². The van der Waals surface area contributed by atoms with Gasteiger partial charge in [-0.15, -0.1) is 0 Å². The summed E-state index contributed by atoms with van der Waals surface area (Å²) in [5, 5.41) is 1.18. The zero-order chi connectivity index (χ0) is 20.7. The van der Waals surface area contributed by atoms with Crippen molar-refractivity contribution >= 4 is 27.7 Å². The number of benzene rings is 2. The Morgan fingerprint density at radius 1 is 0.967 bits per heavy atom. The molecule has 0 unspecified atom stereocenters. The molecule has 6 nitrogen and oxygen atoms in total. The van der Waals surface area contributed by atoms with Crippen LogP contribution in [0.25, 0.3) is 33.5 Å². The van der Waals surface area contributed by atoms with E-state index in [0.29, 0.717) is 22.3 Å². The van der Waals surface area contributed by atoms with Crippen LogP contribution in [0, 0.1) is 6.92 Å². The van der Waals surface area contributed by atoms with E-state index in [1.54, 1.807) is 36.4 Å². The van der Waals surface area contributed by atoms with E-state index in [-0.39, 0.29) is 35.1 Å². The fourth-order valence-corrected chi connectivity index (χ4v) is 3.31. The topological polar surface area (TPSA) is 82.8 Å². The summed E-state index contributed by atoms with van der Waals surface area (Å²) in [6.45, 7) is 1.53. The molecule has 0 saturated carbocycles. The lowest BCUT2D eigenvalue weighted by Crippen LogP contribution is -2.16. The van der Waals surface area contributed by atoms with Crippen molar-refractivity contribution in [1.29, 1.82) is 0 Å². The van der Waals surface area contributed by atoms with Gasteiger partial charge >= 0.3 is 0 Å². The molecule has 0 fully saturated rings. The van der Waals surface area contributed by atoms with Crippen LogP contribution in [-0.2, 0) is 0 Å². The van der Waals surface area contributed by atoms with Crippen molar-refractivity contribution in [2.45, 2.75) is 6.92 Å². The number of para-hydroxylation sites is 1. The fourth-order valence-electron chi connectivity index (χ4n) is 3.31. The van der Waals surface area contributed by atoms with Gasteiger partial charge in [0.15, 0.2) is 18.1 Å².